The van der Waals surface area contributed by atoms with Gasteiger partial charge in [0.05, 0.1) is 11.9 Å². The number of fused-ring (bicyclic) bond motifs is 2. The van der Waals surface area contributed by atoms with Crippen LogP contribution in [0.5, 0.6) is 0 Å². The van der Waals surface area contributed by atoms with Crippen LogP contribution >= 0.6 is 0 Å². The van der Waals surface area contributed by atoms with Crippen molar-refractivity contribution in [1.29, 1.82) is 0 Å². The molecule has 0 radical (unpaired) electrons. The number of hydrogen-bond acceptors (Lipinski definition) is 6. The molecule has 6 nitrogen and oxygen atoms in total. The Bertz CT molecular complexity index is 534. The number of hydrogen-bond donors (Lipinski definition) is 0. The van der Waals surface area contributed by atoms with Crippen LogP contribution in [0.25, 0.3) is 0 Å². The highest BCUT2D eigenvalue weighted by molar-refractivity contribution is 7.80. The first kappa shape index (κ1) is 21.6. The molecular formula is C15H21F3O6S. The van der Waals surface area contributed by atoms with Crippen molar-refractivity contribution in [2.45, 2.75) is 51.7 Å². The van der Waals surface area contributed by atoms with E-state index in [1.807, 2.05) is 6.92 Å². The van der Waals surface area contributed by atoms with Crippen molar-refractivity contribution in [3.8, 4) is 0 Å². The molecule has 0 aromatic heterocycles. The van der Waals surface area contributed by atoms with Gasteiger partial charge in [0, 0.05) is 5.92 Å². The zero-order chi connectivity index (χ0) is 19.4. The predicted octanol–water partition coefficient (Wildman–Crippen LogP) is 2.30. The smallest absolute Gasteiger partial charge is 0.422 e. The maximum absolute atomic E-state index is 11.7. The Morgan fingerprint density at radius 1 is 1.40 bits per heavy atom. The van der Waals surface area contributed by atoms with Crippen LogP contribution in [-0.2, 0) is 34.3 Å². The lowest BCUT2D eigenvalue weighted by atomic mass is 10.1. The van der Waals surface area contributed by atoms with Crippen LogP contribution in [0.15, 0.2) is 12.2 Å². The largest absolute Gasteiger partial charge is 0.461 e. The third-order valence-electron chi connectivity index (χ3n) is 3.74. The average molecular weight is 386 g/mol. The molecule has 0 N–H and O–H groups in total. The Labute approximate surface area is 146 Å². The molecule has 1 heterocycles. The summed E-state index contributed by atoms with van der Waals surface area (Å²) in [7, 11) is 0. The van der Waals surface area contributed by atoms with Crippen molar-refractivity contribution in [1.82, 2.24) is 0 Å². The van der Waals surface area contributed by atoms with E-state index in [0.29, 0.717) is 18.1 Å². The van der Waals surface area contributed by atoms with Crippen LogP contribution < -0.4 is 0 Å². The molecule has 25 heavy (non-hydrogen) atoms. The first-order valence-corrected chi connectivity index (χ1v) is 8.83. The van der Waals surface area contributed by atoms with Crippen LogP contribution in [0, 0.1) is 11.8 Å². The van der Waals surface area contributed by atoms with Gasteiger partial charge in [0.1, 0.15) is 17.8 Å². The zero-order valence-corrected chi connectivity index (χ0v) is 14.9. The van der Waals surface area contributed by atoms with Crippen molar-refractivity contribution in [3.63, 3.8) is 0 Å². The quantitative estimate of drug-likeness (QED) is 0.419. The van der Waals surface area contributed by atoms with Crippen LogP contribution in [0.3, 0.4) is 0 Å². The molecule has 10 heteroatoms. The van der Waals surface area contributed by atoms with E-state index in [1.165, 1.54) is 13.8 Å². The normalized spacial score (nSPS) is 30.9. The summed E-state index contributed by atoms with van der Waals surface area (Å²) >= 11 is -1.18. The molecule has 2 bridgehead atoms. The Morgan fingerprint density at radius 3 is 2.44 bits per heavy atom. The molecule has 0 aromatic carbocycles. The second-order valence-electron chi connectivity index (χ2n) is 6.13. The molecule has 0 amide bonds. The molecular weight excluding hydrogens is 365 g/mol. The molecule has 5 unspecified atom stereocenters. The molecule has 1 saturated heterocycles. The third kappa shape index (κ3) is 6.10. The second kappa shape index (κ2) is 8.79. The molecule has 1 aliphatic heterocycles. The molecule has 2 aliphatic rings. The van der Waals surface area contributed by atoms with Gasteiger partial charge in [-0.2, -0.15) is 13.2 Å². The fourth-order valence-electron chi connectivity index (χ4n) is 2.64. The number of esters is 1. The summed E-state index contributed by atoms with van der Waals surface area (Å²) in [6.45, 7) is 7.99. The lowest BCUT2D eigenvalue weighted by Crippen LogP contribution is -2.40. The van der Waals surface area contributed by atoms with E-state index in [9.17, 15) is 27.0 Å². The number of carbonyl (C=O) groups excluding carboxylic acids is 2. The lowest BCUT2D eigenvalue weighted by Gasteiger charge is -2.27. The third-order valence-corrected chi connectivity index (χ3v) is 4.87. The monoisotopic (exact) mass is 386 g/mol. The van der Waals surface area contributed by atoms with Crippen LogP contribution in [0.2, 0.25) is 0 Å². The maximum atomic E-state index is 11.7. The van der Waals surface area contributed by atoms with E-state index >= 15 is 0 Å². The Morgan fingerprint density at radius 2 is 2.00 bits per heavy atom. The van der Waals surface area contributed by atoms with Crippen LogP contribution in [0.1, 0.15) is 27.2 Å². The molecule has 2 fully saturated rings. The van der Waals surface area contributed by atoms with Crippen molar-refractivity contribution in [3.05, 3.63) is 12.2 Å². The summed E-state index contributed by atoms with van der Waals surface area (Å²) in [4.78, 5) is 20.8. The number of rotatable bonds is 4. The van der Waals surface area contributed by atoms with Gasteiger partial charge in [0.15, 0.2) is 11.1 Å². The van der Waals surface area contributed by atoms with E-state index in [0.717, 1.165) is 6.42 Å². The summed E-state index contributed by atoms with van der Waals surface area (Å²) in [6.07, 6.45) is -4.67. The van der Waals surface area contributed by atoms with Crippen molar-refractivity contribution >= 4 is 23.5 Å². The zero-order valence-electron chi connectivity index (χ0n) is 14.1. The highest BCUT2D eigenvalue weighted by atomic mass is 32.2. The Kier molecular flexibility index (Phi) is 7.61. The minimum Gasteiger partial charge on any atom is -0.461 e. The van der Waals surface area contributed by atoms with Crippen molar-refractivity contribution in [2.75, 3.05) is 5.75 Å². The van der Waals surface area contributed by atoms with E-state index in [4.69, 9.17) is 8.92 Å². The lowest BCUT2D eigenvalue weighted by molar-refractivity contribution is -0.153. The number of alkyl halides is 3. The second-order valence-corrected chi connectivity index (χ2v) is 7.26. The maximum Gasteiger partial charge on any atom is 0.422 e. The van der Waals surface area contributed by atoms with E-state index < -0.39 is 34.9 Å². The Balaban J connectivity index is 0.000000252. The highest BCUT2D eigenvalue weighted by Crippen LogP contribution is 2.40. The van der Waals surface area contributed by atoms with E-state index in [2.05, 4.69) is 11.3 Å². The molecule has 5 atom stereocenters. The standard InChI is InChI=1S/C8H12O4S.C7H9F3O2/c1-5-2-6-3-13(10)12-7(5)8(6)11-4-9;1-4(2)12-6(11)5(3)7(8,9)10/h4-8H,2-3H2,1H3;4H,3H2,1-2H3. The molecule has 0 aromatic rings. The first-order valence-electron chi connectivity index (χ1n) is 7.59. The van der Waals surface area contributed by atoms with Crippen molar-refractivity contribution in [2.24, 2.45) is 11.8 Å². The minimum atomic E-state index is -4.70. The van der Waals surface area contributed by atoms with Gasteiger partial charge in [0.25, 0.3) is 6.47 Å². The predicted molar refractivity (Wildman–Crippen MR) is 82.5 cm³/mol. The van der Waals surface area contributed by atoms with E-state index in [1.54, 1.807) is 0 Å². The van der Waals surface area contributed by atoms with Gasteiger partial charge >= 0.3 is 12.1 Å². The molecule has 2 rings (SSSR count). The van der Waals surface area contributed by atoms with Gasteiger partial charge in [-0.1, -0.05) is 13.5 Å². The fourth-order valence-corrected chi connectivity index (χ4v) is 3.94. The summed E-state index contributed by atoms with van der Waals surface area (Å²) < 4.78 is 60.9. The number of carbonyl (C=O) groups is 2. The van der Waals surface area contributed by atoms with Gasteiger partial charge in [0.2, 0.25) is 0 Å². The Hall–Kier alpha value is -1.42. The molecule has 144 valence electrons. The summed E-state index contributed by atoms with van der Waals surface area (Å²) in [5.74, 6) is -0.363. The first-order chi connectivity index (χ1) is 11.5. The van der Waals surface area contributed by atoms with E-state index in [-0.39, 0.29) is 18.1 Å². The van der Waals surface area contributed by atoms with Gasteiger partial charge < -0.3 is 9.47 Å². The highest BCUT2D eigenvalue weighted by Gasteiger charge is 2.49. The van der Waals surface area contributed by atoms with Crippen LogP contribution in [-0.4, -0.2) is 46.9 Å². The topological polar surface area (TPSA) is 78.9 Å². The summed E-state index contributed by atoms with van der Waals surface area (Å²) in [5, 5.41) is 0. The average Bonchev–Trinajstić information content (AvgIpc) is 2.65. The SMILES string of the molecule is C=C(C(=O)OC(C)C)C(F)(F)F.CC1CC2CS(=O)OC1C2OC=O. The molecule has 1 saturated carbocycles. The number of ether oxygens (including phenoxy) is 2. The fraction of sp³-hybridized carbons (Fsp3) is 0.733. The van der Waals surface area contributed by atoms with Crippen molar-refractivity contribution < 1.29 is 40.6 Å². The van der Waals surface area contributed by atoms with Gasteiger partial charge in [-0.25, -0.2) is 9.00 Å². The molecule has 1 aliphatic carbocycles. The summed E-state index contributed by atoms with van der Waals surface area (Å²) in [5.41, 5.74) is -1.48. The molecule has 0 spiro atoms. The van der Waals surface area contributed by atoms with Gasteiger partial charge in [-0.05, 0) is 26.2 Å². The van der Waals surface area contributed by atoms with Crippen LogP contribution in [0.4, 0.5) is 13.2 Å². The van der Waals surface area contributed by atoms with Gasteiger partial charge in [-0.15, -0.1) is 0 Å². The number of halogens is 3. The minimum absolute atomic E-state index is 0.162. The summed E-state index contributed by atoms with van der Waals surface area (Å²) in [6, 6.07) is 0. The van der Waals surface area contributed by atoms with Gasteiger partial charge in [-0.3, -0.25) is 8.98 Å².